The summed E-state index contributed by atoms with van der Waals surface area (Å²) in [4.78, 5) is 29.1. The minimum atomic E-state index is -0.637. The molecule has 1 atom stereocenters. The molecule has 0 unspecified atom stereocenters. The second-order valence-electron chi connectivity index (χ2n) is 9.75. The Hall–Kier alpha value is -3.60. The standard InChI is InChI=1S/C31H36N2O3/c1-23-16-18-28(19-17-23)36-22-30(34)33(21-26-13-7-6-10-24(26)2)29(20-25-11-4-3-5-12-25)31(35)32-27-14-8-9-15-27/h3-7,10-13,16-19,27,29H,8-9,14-15,20-22H2,1-2H3,(H,32,35)/t29-/m0/s1. The molecule has 0 heterocycles. The van der Waals surface area contributed by atoms with Gasteiger partial charge in [-0.15, -0.1) is 0 Å². The van der Waals surface area contributed by atoms with Gasteiger partial charge in [0.25, 0.3) is 5.91 Å². The Kier molecular flexibility index (Phi) is 8.77. The minimum Gasteiger partial charge on any atom is -0.484 e. The van der Waals surface area contributed by atoms with Crippen LogP contribution in [-0.2, 0) is 22.6 Å². The van der Waals surface area contributed by atoms with Crippen molar-refractivity contribution in [2.45, 2.75) is 64.6 Å². The lowest BCUT2D eigenvalue weighted by atomic mass is 10.0. The lowest BCUT2D eigenvalue weighted by Gasteiger charge is -2.32. The molecule has 36 heavy (non-hydrogen) atoms. The quantitative estimate of drug-likeness (QED) is 0.420. The highest BCUT2D eigenvalue weighted by atomic mass is 16.5. The van der Waals surface area contributed by atoms with Crippen LogP contribution in [0.3, 0.4) is 0 Å². The number of benzene rings is 3. The average Bonchev–Trinajstić information content (AvgIpc) is 3.40. The minimum absolute atomic E-state index is 0.0944. The van der Waals surface area contributed by atoms with Crippen molar-refractivity contribution in [1.82, 2.24) is 10.2 Å². The maximum atomic E-state index is 13.7. The number of nitrogens with zero attached hydrogens (tertiary/aromatic N) is 1. The molecule has 0 radical (unpaired) electrons. The van der Waals surface area contributed by atoms with E-state index >= 15 is 0 Å². The fraction of sp³-hybridized carbons (Fsp3) is 0.355. The predicted molar refractivity (Wildman–Crippen MR) is 143 cm³/mol. The predicted octanol–water partition coefficient (Wildman–Crippen LogP) is 5.38. The average molecular weight is 485 g/mol. The third-order valence-electron chi connectivity index (χ3n) is 6.96. The topological polar surface area (TPSA) is 58.6 Å². The molecule has 2 amide bonds. The van der Waals surface area contributed by atoms with E-state index in [4.69, 9.17) is 4.74 Å². The Labute approximate surface area is 214 Å². The van der Waals surface area contributed by atoms with Crippen LogP contribution in [0.2, 0.25) is 0 Å². The number of rotatable bonds is 10. The molecule has 0 aliphatic heterocycles. The SMILES string of the molecule is Cc1ccc(OCC(=O)N(Cc2ccccc2C)[C@@H](Cc2ccccc2)C(=O)NC2CCCC2)cc1. The Bertz CT molecular complexity index is 1140. The summed E-state index contributed by atoms with van der Waals surface area (Å²) in [5, 5.41) is 3.24. The molecule has 0 spiro atoms. The molecule has 4 rings (SSSR count). The molecule has 0 bridgehead atoms. The smallest absolute Gasteiger partial charge is 0.261 e. The van der Waals surface area contributed by atoms with Crippen LogP contribution in [0.5, 0.6) is 5.75 Å². The molecule has 5 nitrogen and oxygen atoms in total. The Morgan fingerprint density at radius 3 is 2.28 bits per heavy atom. The van der Waals surface area contributed by atoms with Gasteiger partial charge in [-0.3, -0.25) is 9.59 Å². The Balaban J connectivity index is 1.61. The number of amides is 2. The number of carbonyl (C=O) groups excluding carboxylic acids is 2. The lowest BCUT2D eigenvalue weighted by molar-refractivity contribution is -0.143. The summed E-state index contributed by atoms with van der Waals surface area (Å²) in [6, 6.07) is 25.1. The monoisotopic (exact) mass is 484 g/mol. The molecule has 3 aromatic carbocycles. The molecule has 1 fully saturated rings. The number of hydrogen-bond donors (Lipinski definition) is 1. The van der Waals surface area contributed by atoms with Gasteiger partial charge in [-0.1, -0.05) is 85.1 Å². The van der Waals surface area contributed by atoms with Crippen LogP contribution in [0.1, 0.15) is 47.9 Å². The van der Waals surface area contributed by atoms with Crippen molar-refractivity contribution in [3.8, 4) is 5.75 Å². The number of hydrogen-bond acceptors (Lipinski definition) is 3. The summed E-state index contributed by atoms with van der Waals surface area (Å²) in [7, 11) is 0. The maximum Gasteiger partial charge on any atom is 0.261 e. The van der Waals surface area contributed by atoms with Crippen LogP contribution in [-0.4, -0.2) is 35.4 Å². The normalized spacial score (nSPS) is 14.3. The van der Waals surface area contributed by atoms with E-state index in [1.807, 2.05) is 92.7 Å². The van der Waals surface area contributed by atoms with Gasteiger partial charge in [0.15, 0.2) is 6.61 Å². The third kappa shape index (κ3) is 6.97. The fourth-order valence-corrected chi connectivity index (χ4v) is 4.75. The van der Waals surface area contributed by atoms with E-state index in [9.17, 15) is 9.59 Å². The van der Waals surface area contributed by atoms with E-state index < -0.39 is 6.04 Å². The molecule has 0 aromatic heterocycles. The van der Waals surface area contributed by atoms with Gasteiger partial charge in [0.2, 0.25) is 5.91 Å². The number of carbonyl (C=O) groups is 2. The van der Waals surface area contributed by atoms with E-state index in [1.54, 1.807) is 4.90 Å². The van der Waals surface area contributed by atoms with Crippen LogP contribution in [0.15, 0.2) is 78.9 Å². The molecule has 1 aliphatic rings. The molecule has 3 aromatic rings. The first kappa shape index (κ1) is 25.5. The zero-order chi connectivity index (χ0) is 25.3. The molecule has 1 aliphatic carbocycles. The number of aryl methyl sites for hydroxylation is 2. The van der Waals surface area contributed by atoms with Crippen molar-refractivity contribution in [2.24, 2.45) is 0 Å². The molecule has 1 saturated carbocycles. The Morgan fingerprint density at radius 1 is 0.917 bits per heavy atom. The maximum absolute atomic E-state index is 13.7. The highest BCUT2D eigenvalue weighted by Crippen LogP contribution is 2.21. The molecule has 188 valence electrons. The first-order valence-corrected chi connectivity index (χ1v) is 12.9. The fourth-order valence-electron chi connectivity index (χ4n) is 4.75. The van der Waals surface area contributed by atoms with Gasteiger partial charge in [-0.05, 0) is 55.5 Å². The summed E-state index contributed by atoms with van der Waals surface area (Å²) in [6.07, 6.45) is 4.69. The van der Waals surface area contributed by atoms with Gasteiger partial charge in [0.05, 0.1) is 0 Å². The van der Waals surface area contributed by atoms with E-state index in [0.29, 0.717) is 18.7 Å². The van der Waals surface area contributed by atoms with Crippen molar-refractivity contribution < 1.29 is 14.3 Å². The zero-order valence-corrected chi connectivity index (χ0v) is 21.3. The van der Waals surface area contributed by atoms with Crippen LogP contribution < -0.4 is 10.1 Å². The lowest BCUT2D eigenvalue weighted by Crippen LogP contribution is -2.53. The number of ether oxygens (including phenoxy) is 1. The first-order valence-electron chi connectivity index (χ1n) is 12.9. The van der Waals surface area contributed by atoms with Gasteiger partial charge in [0, 0.05) is 19.0 Å². The summed E-state index contributed by atoms with van der Waals surface area (Å²) < 4.78 is 5.86. The van der Waals surface area contributed by atoms with Gasteiger partial charge in [-0.2, -0.15) is 0 Å². The highest BCUT2D eigenvalue weighted by Gasteiger charge is 2.32. The molecule has 0 saturated heterocycles. The van der Waals surface area contributed by atoms with E-state index in [2.05, 4.69) is 5.32 Å². The van der Waals surface area contributed by atoms with Gasteiger partial charge in [0.1, 0.15) is 11.8 Å². The third-order valence-corrected chi connectivity index (χ3v) is 6.96. The van der Waals surface area contributed by atoms with E-state index in [-0.39, 0.29) is 24.5 Å². The van der Waals surface area contributed by atoms with Crippen LogP contribution >= 0.6 is 0 Å². The molecular weight excluding hydrogens is 448 g/mol. The molecular formula is C31H36N2O3. The van der Waals surface area contributed by atoms with Gasteiger partial charge < -0.3 is 15.0 Å². The van der Waals surface area contributed by atoms with E-state index in [0.717, 1.165) is 47.9 Å². The van der Waals surface area contributed by atoms with Crippen LogP contribution in [0.25, 0.3) is 0 Å². The van der Waals surface area contributed by atoms with Crippen LogP contribution in [0.4, 0.5) is 0 Å². The summed E-state index contributed by atoms with van der Waals surface area (Å²) in [5.41, 5.74) is 4.25. The van der Waals surface area contributed by atoms with Crippen molar-refractivity contribution in [3.05, 3.63) is 101 Å². The summed E-state index contributed by atoms with van der Waals surface area (Å²) in [5.74, 6) is 0.337. The van der Waals surface area contributed by atoms with Crippen LogP contribution in [0, 0.1) is 13.8 Å². The largest absolute Gasteiger partial charge is 0.484 e. The second-order valence-corrected chi connectivity index (χ2v) is 9.75. The van der Waals surface area contributed by atoms with Crippen molar-refractivity contribution in [3.63, 3.8) is 0 Å². The van der Waals surface area contributed by atoms with E-state index in [1.165, 1.54) is 0 Å². The zero-order valence-electron chi connectivity index (χ0n) is 21.3. The van der Waals surface area contributed by atoms with Gasteiger partial charge >= 0.3 is 0 Å². The first-order chi connectivity index (χ1) is 17.5. The summed E-state index contributed by atoms with van der Waals surface area (Å²) in [6.45, 7) is 4.26. The molecule has 1 N–H and O–H groups in total. The van der Waals surface area contributed by atoms with Gasteiger partial charge in [-0.25, -0.2) is 0 Å². The second kappa shape index (κ2) is 12.4. The van der Waals surface area contributed by atoms with Crippen molar-refractivity contribution >= 4 is 11.8 Å². The highest BCUT2D eigenvalue weighted by molar-refractivity contribution is 5.88. The molecule has 5 heteroatoms. The Morgan fingerprint density at radius 2 is 1.58 bits per heavy atom. The van der Waals surface area contributed by atoms with Crippen molar-refractivity contribution in [2.75, 3.05) is 6.61 Å². The number of nitrogens with one attached hydrogen (secondary N) is 1. The van der Waals surface area contributed by atoms with Crippen molar-refractivity contribution in [1.29, 1.82) is 0 Å². The summed E-state index contributed by atoms with van der Waals surface area (Å²) >= 11 is 0.